The van der Waals surface area contributed by atoms with Gasteiger partial charge in [0.15, 0.2) is 11.6 Å². The standard InChI is InChI=1S/C32H36O8/c1-7-18(4)26(34)25-29(37)21(30(38)32(5,6)31(25)39)15-20-22(33)16-23(40-14-13-17(2)3)24(28(20)36)27(35)19-11-9-8-10-12-19/h8-13,16,18,33,36-38H,7,14-15H2,1-6H3. The molecule has 3 rings (SSSR count). The first-order valence-electron chi connectivity index (χ1n) is 13.1. The van der Waals surface area contributed by atoms with Crippen LogP contribution >= 0.6 is 0 Å². The number of allylic oxidation sites excluding steroid dienone is 4. The minimum absolute atomic E-state index is 0.0603. The second-order valence-electron chi connectivity index (χ2n) is 10.7. The highest BCUT2D eigenvalue weighted by atomic mass is 16.5. The van der Waals surface area contributed by atoms with E-state index in [0.717, 1.165) is 5.57 Å². The molecule has 0 radical (unpaired) electrons. The summed E-state index contributed by atoms with van der Waals surface area (Å²) in [4.78, 5) is 39.7. The van der Waals surface area contributed by atoms with E-state index in [2.05, 4.69) is 0 Å². The van der Waals surface area contributed by atoms with Crippen molar-refractivity contribution in [2.75, 3.05) is 6.61 Å². The van der Waals surface area contributed by atoms with Crippen molar-refractivity contribution in [3.8, 4) is 17.2 Å². The molecular weight excluding hydrogens is 512 g/mol. The van der Waals surface area contributed by atoms with Gasteiger partial charge in [0, 0.05) is 35.1 Å². The normalized spacial score (nSPS) is 15.6. The van der Waals surface area contributed by atoms with E-state index in [1.165, 1.54) is 19.9 Å². The van der Waals surface area contributed by atoms with Crippen LogP contribution < -0.4 is 4.74 Å². The Balaban J connectivity index is 2.22. The molecule has 0 saturated carbocycles. The lowest BCUT2D eigenvalue weighted by Crippen LogP contribution is -2.38. The van der Waals surface area contributed by atoms with Crippen LogP contribution in [0, 0.1) is 11.3 Å². The number of hydrogen-bond acceptors (Lipinski definition) is 8. The van der Waals surface area contributed by atoms with Gasteiger partial charge in [-0.15, -0.1) is 0 Å². The van der Waals surface area contributed by atoms with E-state index in [0.29, 0.717) is 6.42 Å². The van der Waals surface area contributed by atoms with Crippen LogP contribution in [0.3, 0.4) is 0 Å². The van der Waals surface area contributed by atoms with Crippen molar-refractivity contribution in [1.82, 2.24) is 0 Å². The summed E-state index contributed by atoms with van der Waals surface area (Å²) in [6, 6.07) is 9.39. The maximum absolute atomic E-state index is 13.5. The van der Waals surface area contributed by atoms with Gasteiger partial charge in [0.1, 0.15) is 46.5 Å². The number of ether oxygens (including phenoxy) is 1. The number of hydrogen-bond donors (Lipinski definition) is 4. The van der Waals surface area contributed by atoms with E-state index >= 15 is 0 Å². The molecule has 2 aromatic rings. The number of aliphatic hydroxyl groups excluding tert-OH is 2. The third-order valence-corrected chi connectivity index (χ3v) is 7.19. The number of carbonyl (C=O) groups excluding carboxylic acids is 3. The lowest BCUT2D eigenvalue weighted by Gasteiger charge is -2.31. The molecule has 0 heterocycles. The highest BCUT2D eigenvalue weighted by Gasteiger charge is 2.46. The molecule has 0 saturated heterocycles. The lowest BCUT2D eigenvalue weighted by molar-refractivity contribution is -0.128. The Morgan fingerprint density at radius 2 is 1.68 bits per heavy atom. The van der Waals surface area contributed by atoms with Crippen molar-refractivity contribution in [2.45, 2.75) is 54.4 Å². The van der Waals surface area contributed by atoms with Crippen LogP contribution in [-0.4, -0.2) is 44.4 Å². The van der Waals surface area contributed by atoms with Crippen molar-refractivity contribution in [3.05, 3.63) is 87.4 Å². The third-order valence-electron chi connectivity index (χ3n) is 7.19. The Bertz CT molecular complexity index is 1440. The number of aliphatic hydroxyl groups is 2. The molecule has 0 amide bonds. The predicted molar refractivity (Wildman–Crippen MR) is 151 cm³/mol. The van der Waals surface area contributed by atoms with E-state index in [-0.39, 0.29) is 34.6 Å². The molecule has 1 aliphatic rings. The summed E-state index contributed by atoms with van der Waals surface area (Å²) in [5.74, 6) is -4.79. The van der Waals surface area contributed by atoms with E-state index < -0.39 is 63.7 Å². The van der Waals surface area contributed by atoms with E-state index in [1.807, 2.05) is 13.8 Å². The smallest absolute Gasteiger partial charge is 0.200 e. The molecular formula is C32H36O8. The molecule has 8 heteroatoms. The van der Waals surface area contributed by atoms with Crippen LogP contribution in [-0.2, 0) is 16.0 Å². The Labute approximate surface area is 233 Å². The SMILES string of the molecule is CCC(C)C(=O)C1=C(O)C(Cc2c(O)cc(OCC=C(C)C)c(C(=O)c3ccccc3)c2O)=C(O)C(C)(C)C1=O. The molecule has 1 aliphatic carbocycles. The molecule has 2 aromatic carbocycles. The van der Waals surface area contributed by atoms with Gasteiger partial charge < -0.3 is 25.2 Å². The van der Waals surface area contributed by atoms with E-state index in [9.17, 15) is 34.8 Å². The second kappa shape index (κ2) is 11.8. The molecule has 8 nitrogen and oxygen atoms in total. The number of phenolic OH excluding ortho intramolecular Hbond substituents is 2. The zero-order chi connectivity index (χ0) is 29.9. The summed E-state index contributed by atoms with van der Waals surface area (Å²) in [5.41, 5.74) is -1.39. The Kier molecular flexibility index (Phi) is 8.93. The molecule has 4 N–H and O–H groups in total. The van der Waals surface area contributed by atoms with Crippen molar-refractivity contribution >= 4 is 17.3 Å². The highest BCUT2D eigenvalue weighted by Crippen LogP contribution is 2.45. The van der Waals surface area contributed by atoms with Gasteiger partial charge in [0.25, 0.3) is 0 Å². The molecule has 40 heavy (non-hydrogen) atoms. The van der Waals surface area contributed by atoms with Crippen molar-refractivity contribution in [1.29, 1.82) is 0 Å². The van der Waals surface area contributed by atoms with Gasteiger partial charge >= 0.3 is 0 Å². The van der Waals surface area contributed by atoms with Gasteiger partial charge in [-0.2, -0.15) is 0 Å². The van der Waals surface area contributed by atoms with Gasteiger partial charge in [-0.05, 0) is 40.2 Å². The average Bonchev–Trinajstić information content (AvgIpc) is 2.91. The second-order valence-corrected chi connectivity index (χ2v) is 10.7. The largest absolute Gasteiger partial charge is 0.511 e. The van der Waals surface area contributed by atoms with Gasteiger partial charge in [-0.3, -0.25) is 14.4 Å². The number of carbonyl (C=O) groups is 3. The molecule has 0 aromatic heterocycles. The summed E-state index contributed by atoms with van der Waals surface area (Å²) < 4.78 is 5.75. The third kappa shape index (κ3) is 5.66. The van der Waals surface area contributed by atoms with Gasteiger partial charge in [-0.25, -0.2) is 0 Å². The first-order chi connectivity index (χ1) is 18.7. The first-order valence-corrected chi connectivity index (χ1v) is 13.1. The Morgan fingerprint density at radius 1 is 1.05 bits per heavy atom. The number of Topliss-reactive ketones (excluding diaryl/α,β-unsaturated/α-hetero) is 2. The summed E-state index contributed by atoms with van der Waals surface area (Å²) in [7, 11) is 0. The highest BCUT2D eigenvalue weighted by molar-refractivity contribution is 6.24. The molecule has 212 valence electrons. The number of benzene rings is 2. The fourth-order valence-electron chi connectivity index (χ4n) is 4.38. The monoisotopic (exact) mass is 548 g/mol. The predicted octanol–water partition coefficient (Wildman–Crippen LogP) is 6.06. The minimum atomic E-state index is -1.55. The summed E-state index contributed by atoms with van der Waals surface area (Å²) in [5, 5.41) is 44.5. The fraction of sp³-hybridized carbons (Fsp3) is 0.344. The van der Waals surface area contributed by atoms with Gasteiger partial charge in [0.05, 0.1) is 5.41 Å². The molecule has 0 aliphatic heterocycles. The van der Waals surface area contributed by atoms with Crippen LogP contribution in [0.5, 0.6) is 17.2 Å². The maximum atomic E-state index is 13.5. The molecule has 1 unspecified atom stereocenters. The van der Waals surface area contributed by atoms with Gasteiger partial charge in [-0.1, -0.05) is 49.8 Å². The molecule has 1 atom stereocenters. The fourth-order valence-corrected chi connectivity index (χ4v) is 4.38. The minimum Gasteiger partial charge on any atom is -0.511 e. The Hall–Kier alpha value is -4.33. The number of aromatic hydroxyl groups is 2. The first kappa shape index (κ1) is 30.2. The molecule has 0 fully saturated rings. The topological polar surface area (TPSA) is 141 Å². The summed E-state index contributed by atoms with van der Waals surface area (Å²) in [6.45, 7) is 10.1. The van der Waals surface area contributed by atoms with Crippen LogP contribution in [0.4, 0.5) is 0 Å². The summed E-state index contributed by atoms with van der Waals surface area (Å²) in [6.07, 6.45) is 1.71. The van der Waals surface area contributed by atoms with Gasteiger partial charge in [0.2, 0.25) is 5.78 Å². The van der Waals surface area contributed by atoms with E-state index in [4.69, 9.17) is 4.74 Å². The van der Waals surface area contributed by atoms with Crippen LogP contribution in [0.1, 0.15) is 69.4 Å². The maximum Gasteiger partial charge on any atom is 0.200 e. The number of rotatable bonds is 10. The van der Waals surface area contributed by atoms with Crippen LogP contribution in [0.15, 0.2) is 70.7 Å². The van der Waals surface area contributed by atoms with Crippen LogP contribution in [0.2, 0.25) is 0 Å². The zero-order valence-electron chi connectivity index (χ0n) is 23.7. The Morgan fingerprint density at radius 3 is 2.25 bits per heavy atom. The molecule has 0 bridgehead atoms. The average molecular weight is 549 g/mol. The van der Waals surface area contributed by atoms with E-state index in [1.54, 1.807) is 50.3 Å². The van der Waals surface area contributed by atoms with Crippen molar-refractivity contribution in [3.63, 3.8) is 0 Å². The zero-order valence-corrected chi connectivity index (χ0v) is 23.7. The van der Waals surface area contributed by atoms with Crippen molar-refractivity contribution < 1.29 is 39.5 Å². The lowest BCUT2D eigenvalue weighted by atomic mass is 9.72. The molecule has 0 spiro atoms. The summed E-state index contributed by atoms with van der Waals surface area (Å²) >= 11 is 0. The number of phenols is 2. The quantitative estimate of drug-likeness (QED) is 0.159. The van der Waals surface area contributed by atoms with Crippen molar-refractivity contribution in [2.24, 2.45) is 11.3 Å². The number of ketones is 3. The van der Waals surface area contributed by atoms with Crippen LogP contribution in [0.25, 0.3) is 0 Å².